The van der Waals surface area contributed by atoms with Gasteiger partial charge in [-0.3, -0.25) is 19.4 Å². The van der Waals surface area contributed by atoms with Crippen molar-refractivity contribution in [1.82, 2.24) is 25.1 Å². The number of halogens is 4. The lowest BCUT2D eigenvalue weighted by atomic mass is 10.2. The number of amides is 1. The number of fused-ring (bicyclic) bond motifs is 1. The molecule has 0 saturated carbocycles. The average Bonchev–Trinajstić information content (AvgIpc) is 3.10. The Kier molecular flexibility index (Phi) is 5.95. The van der Waals surface area contributed by atoms with Gasteiger partial charge in [-0.15, -0.1) is 0 Å². The van der Waals surface area contributed by atoms with Gasteiger partial charge in [0, 0.05) is 18.9 Å². The minimum absolute atomic E-state index is 0.0533. The predicted molar refractivity (Wildman–Crippen MR) is 95.3 cm³/mol. The van der Waals surface area contributed by atoms with Crippen LogP contribution in [0.15, 0.2) is 36.8 Å². The van der Waals surface area contributed by atoms with Crippen LogP contribution < -0.4 is 10.1 Å². The largest absolute Gasteiger partial charge is 0.485 e. The molecule has 0 atom stereocenters. The number of nitrogens with one attached hydrogen (secondary N) is 1. The third-order valence-electron chi connectivity index (χ3n) is 3.91. The number of hydrogen-bond acceptors (Lipinski definition) is 5. The van der Waals surface area contributed by atoms with Gasteiger partial charge < -0.3 is 10.1 Å². The van der Waals surface area contributed by atoms with Crippen LogP contribution in [0.3, 0.4) is 0 Å². The second kappa shape index (κ2) is 8.41. The second-order valence-corrected chi connectivity index (χ2v) is 6.11. The van der Waals surface area contributed by atoms with Gasteiger partial charge in [0.2, 0.25) is 0 Å². The predicted octanol–water partition coefficient (Wildman–Crippen LogP) is 2.90. The molecule has 154 valence electrons. The van der Waals surface area contributed by atoms with Crippen molar-refractivity contribution in [2.24, 2.45) is 0 Å². The van der Waals surface area contributed by atoms with Crippen molar-refractivity contribution in [1.29, 1.82) is 0 Å². The zero-order valence-electron chi connectivity index (χ0n) is 15.3. The zero-order chi connectivity index (χ0) is 21.0. The Morgan fingerprint density at radius 2 is 2.07 bits per heavy atom. The smallest absolute Gasteiger partial charge is 0.340 e. The van der Waals surface area contributed by atoms with Crippen molar-refractivity contribution < 1.29 is 27.1 Å². The van der Waals surface area contributed by atoms with Gasteiger partial charge in [0.1, 0.15) is 11.4 Å². The van der Waals surface area contributed by atoms with Crippen LogP contribution in [0.1, 0.15) is 23.1 Å². The molecule has 3 aromatic rings. The lowest BCUT2D eigenvalue weighted by molar-refractivity contribution is -0.148. The first-order chi connectivity index (χ1) is 13.8. The molecule has 0 bridgehead atoms. The van der Waals surface area contributed by atoms with Crippen molar-refractivity contribution in [3.8, 4) is 5.75 Å². The van der Waals surface area contributed by atoms with Crippen LogP contribution in [0.4, 0.5) is 17.6 Å². The Labute approximate surface area is 162 Å². The molecule has 0 aliphatic rings. The van der Waals surface area contributed by atoms with Gasteiger partial charge in [0.25, 0.3) is 5.91 Å². The molecule has 3 rings (SSSR count). The summed E-state index contributed by atoms with van der Waals surface area (Å²) in [5.74, 6) is -4.59. The van der Waals surface area contributed by atoms with Crippen LogP contribution in [0.5, 0.6) is 5.75 Å². The summed E-state index contributed by atoms with van der Waals surface area (Å²) in [7, 11) is 0. The highest BCUT2D eigenvalue weighted by molar-refractivity contribution is 6.04. The van der Waals surface area contributed by atoms with E-state index in [1.165, 1.54) is 24.5 Å². The first kappa shape index (κ1) is 20.5. The SMILES string of the molecule is CCNC(=O)c1nccc2nn(Cc3ccc(OCC(F)(F)C(F)F)cn3)cc12. The van der Waals surface area contributed by atoms with E-state index in [1.54, 1.807) is 23.9 Å². The maximum Gasteiger partial charge on any atom is 0.340 e. The fourth-order valence-electron chi connectivity index (χ4n) is 2.50. The van der Waals surface area contributed by atoms with Gasteiger partial charge >= 0.3 is 12.3 Å². The van der Waals surface area contributed by atoms with Gasteiger partial charge in [-0.1, -0.05) is 0 Å². The van der Waals surface area contributed by atoms with Gasteiger partial charge in [-0.05, 0) is 25.1 Å². The van der Waals surface area contributed by atoms with E-state index in [0.29, 0.717) is 23.1 Å². The van der Waals surface area contributed by atoms with E-state index >= 15 is 0 Å². The number of carbonyl (C=O) groups is 1. The Morgan fingerprint density at radius 1 is 1.28 bits per heavy atom. The molecule has 1 amide bonds. The zero-order valence-corrected chi connectivity index (χ0v) is 15.3. The summed E-state index contributed by atoms with van der Waals surface area (Å²) < 4.78 is 56.3. The monoisotopic (exact) mass is 411 g/mol. The Bertz CT molecular complexity index is 992. The number of hydrogen-bond donors (Lipinski definition) is 1. The summed E-state index contributed by atoms with van der Waals surface area (Å²) in [4.78, 5) is 20.3. The summed E-state index contributed by atoms with van der Waals surface area (Å²) in [5, 5.41) is 7.62. The number of rotatable bonds is 8. The van der Waals surface area contributed by atoms with Crippen molar-refractivity contribution in [3.05, 3.63) is 48.2 Å². The highest BCUT2D eigenvalue weighted by Crippen LogP contribution is 2.24. The fourth-order valence-corrected chi connectivity index (χ4v) is 2.50. The molecule has 11 heteroatoms. The second-order valence-electron chi connectivity index (χ2n) is 6.11. The van der Waals surface area contributed by atoms with Crippen molar-refractivity contribution in [2.75, 3.05) is 13.2 Å². The summed E-state index contributed by atoms with van der Waals surface area (Å²) in [6.07, 6.45) is 0.510. The van der Waals surface area contributed by atoms with E-state index in [1.807, 2.05) is 0 Å². The Morgan fingerprint density at radius 3 is 2.72 bits per heavy atom. The van der Waals surface area contributed by atoms with E-state index in [9.17, 15) is 22.4 Å². The third kappa shape index (κ3) is 4.79. The molecule has 7 nitrogen and oxygen atoms in total. The van der Waals surface area contributed by atoms with Gasteiger partial charge in [-0.2, -0.15) is 13.9 Å². The summed E-state index contributed by atoms with van der Waals surface area (Å²) in [6.45, 7) is 1.06. The molecule has 0 spiro atoms. The molecule has 3 heterocycles. The molecular weight excluding hydrogens is 394 g/mol. The van der Waals surface area contributed by atoms with E-state index < -0.39 is 19.0 Å². The maximum absolute atomic E-state index is 12.9. The Balaban J connectivity index is 1.71. The lowest BCUT2D eigenvalue weighted by Gasteiger charge is -2.15. The summed E-state index contributed by atoms with van der Waals surface area (Å²) in [5.41, 5.74) is 1.36. The number of aromatic nitrogens is 4. The van der Waals surface area contributed by atoms with Gasteiger partial charge in [0.05, 0.1) is 29.3 Å². The summed E-state index contributed by atoms with van der Waals surface area (Å²) in [6, 6.07) is 4.53. The van der Waals surface area contributed by atoms with Crippen molar-refractivity contribution in [3.63, 3.8) is 0 Å². The van der Waals surface area contributed by atoms with Crippen LogP contribution in [0.2, 0.25) is 0 Å². The van der Waals surface area contributed by atoms with Crippen LogP contribution in [-0.4, -0.2) is 51.2 Å². The minimum Gasteiger partial charge on any atom is -0.485 e. The maximum atomic E-state index is 12.9. The lowest BCUT2D eigenvalue weighted by Crippen LogP contribution is -2.33. The molecule has 0 unspecified atom stereocenters. The Hall–Kier alpha value is -3.24. The van der Waals surface area contributed by atoms with Crippen LogP contribution >= 0.6 is 0 Å². The first-order valence-electron chi connectivity index (χ1n) is 8.64. The standard InChI is InChI=1S/C18H17F4N5O2/c1-2-23-16(28)15-13-9-27(26-14(13)5-6-24-15)8-11-3-4-12(7-25-11)29-10-18(21,22)17(19)20/h3-7,9,17H,2,8,10H2,1H3,(H,23,28). The van der Waals surface area contributed by atoms with E-state index in [2.05, 4.69) is 25.1 Å². The highest BCUT2D eigenvalue weighted by atomic mass is 19.3. The first-order valence-corrected chi connectivity index (χ1v) is 8.64. The van der Waals surface area contributed by atoms with Crippen LogP contribution in [0, 0.1) is 0 Å². The summed E-state index contributed by atoms with van der Waals surface area (Å²) >= 11 is 0. The van der Waals surface area contributed by atoms with E-state index in [0.717, 1.165) is 0 Å². The molecule has 0 fully saturated rings. The van der Waals surface area contributed by atoms with E-state index in [-0.39, 0.29) is 23.9 Å². The molecule has 0 saturated heterocycles. The molecule has 1 N–H and O–H groups in total. The number of carbonyl (C=O) groups excluding carboxylic acids is 1. The molecule has 29 heavy (non-hydrogen) atoms. The topological polar surface area (TPSA) is 81.9 Å². The molecule has 0 radical (unpaired) electrons. The normalized spacial score (nSPS) is 11.8. The van der Waals surface area contributed by atoms with Gasteiger partial charge in [0.15, 0.2) is 6.61 Å². The number of alkyl halides is 4. The highest BCUT2D eigenvalue weighted by Gasteiger charge is 2.41. The molecule has 0 aliphatic carbocycles. The molecule has 3 aromatic heterocycles. The van der Waals surface area contributed by atoms with Crippen molar-refractivity contribution in [2.45, 2.75) is 25.8 Å². The fraction of sp³-hybridized carbons (Fsp3) is 0.333. The van der Waals surface area contributed by atoms with Crippen LogP contribution in [0.25, 0.3) is 10.9 Å². The average molecular weight is 411 g/mol. The van der Waals surface area contributed by atoms with Crippen molar-refractivity contribution >= 4 is 16.8 Å². The third-order valence-corrected chi connectivity index (χ3v) is 3.91. The molecule has 0 aromatic carbocycles. The van der Waals surface area contributed by atoms with Crippen LogP contribution in [-0.2, 0) is 6.54 Å². The minimum atomic E-state index is -4.23. The number of pyridine rings is 2. The molecule has 0 aliphatic heterocycles. The van der Waals surface area contributed by atoms with Gasteiger partial charge in [-0.25, -0.2) is 8.78 Å². The number of ether oxygens (including phenoxy) is 1. The van der Waals surface area contributed by atoms with E-state index in [4.69, 9.17) is 0 Å². The molecular formula is C18H17F4N5O2. The number of nitrogens with zero attached hydrogens (tertiary/aromatic N) is 4. The quantitative estimate of drug-likeness (QED) is 0.577.